The van der Waals surface area contributed by atoms with Crippen LogP contribution in [0.4, 0.5) is 5.69 Å². The van der Waals surface area contributed by atoms with E-state index in [2.05, 4.69) is 24.5 Å². The Bertz CT molecular complexity index is 666. The number of nitrogens with zero attached hydrogens (tertiary/aromatic N) is 1. The van der Waals surface area contributed by atoms with Crippen molar-refractivity contribution in [1.82, 2.24) is 9.88 Å². The molecule has 25 heavy (non-hydrogen) atoms. The summed E-state index contributed by atoms with van der Waals surface area (Å²) in [5.41, 5.74) is 0.313. The molecule has 0 saturated heterocycles. The fourth-order valence-corrected chi connectivity index (χ4v) is 3.39. The molecule has 6 nitrogen and oxygen atoms in total. The molecule has 0 unspecified atom stereocenters. The number of pyridine rings is 1. The summed E-state index contributed by atoms with van der Waals surface area (Å²) in [7, 11) is 0. The Morgan fingerprint density at radius 1 is 1.24 bits per heavy atom. The number of aryl methyl sites for hydroxylation is 1. The lowest BCUT2D eigenvalue weighted by atomic mass is 9.93. The zero-order valence-electron chi connectivity index (χ0n) is 15.4. The van der Waals surface area contributed by atoms with Crippen molar-refractivity contribution in [2.45, 2.75) is 65.5 Å². The maximum atomic E-state index is 12.2. The Kier molecular flexibility index (Phi) is 6.79. The summed E-state index contributed by atoms with van der Waals surface area (Å²) in [5.74, 6) is -0.179. The number of rotatable bonds is 6. The third kappa shape index (κ3) is 5.44. The first-order valence-corrected chi connectivity index (χ1v) is 9.23. The highest BCUT2D eigenvalue weighted by Crippen LogP contribution is 2.30. The molecule has 6 heteroatoms. The summed E-state index contributed by atoms with van der Waals surface area (Å²) in [6.07, 6.45) is 6.92. The number of carbonyl (C=O) groups excluding carboxylic acids is 2. The predicted octanol–water partition coefficient (Wildman–Crippen LogP) is 2.53. The number of anilines is 1. The number of amides is 2. The highest BCUT2D eigenvalue weighted by Gasteiger charge is 2.30. The lowest BCUT2D eigenvalue weighted by molar-refractivity contribution is -0.136. The highest BCUT2D eigenvalue weighted by atomic mass is 16.2. The molecule has 1 aromatic heterocycles. The Labute approximate surface area is 149 Å². The van der Waals surface area contributed by atoms with Gasteiger partial charge in [-0.1, -0.05) is 26.7 Å². The zero-order valence-corrected chi connectivity index (χ0v) is 15.4. The number of hydrogen-bond acceptors (Lipinski definition) is 3. The largest absolute Gasteiger partial charge is 0.345 e. The van der Waals surface area contributed by atoms with Crippen molar-refractivity contribution in [3.8, 4) is 0 Å². The van der Waals surface area contributed by atoms with Crippen LogP contribution in [0.5, 0.6) is 0 Å². The lowest BCUT2D eigenvalue weighted by Gasteiger charge is -2.21. The van der Waals surface area contributed by atoms with Crippen LogP contribution in [0.2, 0.25) is 0 Å². The Morgan fingerprint density at radius 2 is 2.00 bits per heavy atom. The van der Waals surface area contributed by atoms with E-state index in [1.807, 2.05) is 6.92 Å². The van der Waals surface area contributed by atoms with Gasteiger partial charge in [-0.25, -0.2) is 0 Å². The minimum atomic E-state index is -0.684. The molecule has 1 saturated carbocycles. The SMILES string of the molecule is CCn1cc(NC(=O)C(=O)N[C@H]2CCC[C@@H]2CCC(C)C)ccc1=O. The van der Waals surface area contributed by atoms with Crippen molar-refractivity contribution in [3.63, 3.8) is 0 Å². The molecule has 1 fully saturated rings. The predicted molar refractivity (Wildman–Crippen MR) is 98.3 cm³/mol. The van der Waals surface area contributed by atoms with Gasteiger partial charge in [0.1, 0.15) is 0 Å². The van der Waals surface area contributed by atoms with Crippen LogP contribution in [0.15, 0.2) is 23.1 Å². The third-order valence-electron chi connectivity index (χ3n) is 4.88. The second kappa shape index (κ2) is 8.83. The van der Waals surface area contributed by atoms with Crippen molar-refractivity contribution >= 4 is 17.5 Å². The normalized spacial score (nSPS) is 19.8. The van der Waals surface area contributed by atoms with Gasteiger partial charge in [-0.05, 0) is 44.1 Å². The average Bonchev–Trinajstić information content (AvgIpc) is 3.01. The Hall–Kier alpha value is -2.11. The minimum Gasteiger partial charge on any atom is -0.345 e. The molecule has 1 aliphatic rings. The van der Waals surface area contributed by atoms with E-state index in [1.54, 1.807) is 6.20 Å². The maximum Gasteiger partial charge on any atom is 0.313 e. The molecule has 0 aromatic carbocycles. The van der Waals surface area contributed by atoms with Gasteiger partial charge in [0, 0.05) is 24.8 Å². The van der Waals surface area contributed by atoms with Crippen molar-refractivity contribution < 1.29 is 9.59 Å². The van der Waals surface area contributed by atoms with Crippen LogP contribution in [0.1, 0.15) is 52.9 Å². The van der Waals surface area contributed by atoms with Gasteiger partial charge >= 0.3 is 11.8 Å². The van der Waals surface area contributed by atoms with Gasteiger partial charge in [-0.3, -0.25) is 14.4 Å². The van der Waals surface area contributed by atoms with Gasteiger partial charge in [-0.15, -0.1) is 0 Å². The van der Waals surface area contributed by atoms with Crippen LogP contribution in [-0.2, 0) is 16.1 Å². The van der Waals surface area contributed by atoms with E-state index in [1.165, 1.54) is 16.7 Å². The summed E-state index contributed by atoms with van der Waals surface area (Å²) in [6.45, 7) is 6.75. The van der Waals surface area contributed by atoms with Gasteiger partial charge in [0.15, 0.2) is 0 Å². The fourth-order valence-electron chi connectivity index (χ4n) is 3.39. The van der Waals surface area contributed by atoms with E-state index in [-0.39, 0.29) is 11.6 Å². The second-order valence-electron chi connectivity index (χ2n) is 7.24. The summed E-state index contributed by atoms with van der Waals surface area (Å²) in [6, 6.07) is 2.98. The summed E-state index contributed by atoms with van der Waals surface area (Å²) < 4.78 is 1.48. The van der Waals surface area contributed by atoms with Crippen LogP contribution in [0.3, 0.4) is 0 Å². The minimum absolute atomic E-state index is 0.0848. The zero-order chi connectivity index (χ0) is 18.4. The first-order valence-electron chi connectivity index (χ1n) is 9.23. The van der Waals surface area contributed by atoms with Gasteiger partial charge in [0.25, 0.3) is 5.56 Å². The number of aromatic nitrogens is 1. The molecule has 1 aromatic rings. The molecule has 1 heterocycles. The highest BCUT2D eigenvalue weighted by molar-refractivity contribution is 6.39. The van der Waals surface area contributed by atoms with Crippen molar-refractivity contribution in [2.75, 3.05) is 5.32 Å². The smallest absolute Gasteiger partial charge is 0.313 e. The molecule has 2 rings (SSSR count). The number of hydrogen-bond donors (Lipinski definition) is 2. The van der Waals surface area contributed by atoms with E-state index in [0.29, 0.717) is 24.1 Å². The third-order valence-corrected chi connectivity index (χ3v) is 4.88. The van der Waals surface area contributed by atoms with Gasteiger partial charge in [0.05, 0.1) is 5.69 Å². The van der Waals surface area contributed by atoms with Crippen LogP contribution in [0.25, 0.3) is 0 Å². The van der Waals surface area contributed by atoms with Crippen LogP contribution in [-0.4, -0.2) is 22.4 Å². The molecule has 2 atom stereocenters. The molecule has 138 valence electrons. The molecular weight excluding hydrogens is 318 g/mol. The van der Waals surface area contributed by atoms with Crippen LogP contribution >= 0.6 is 0 Å². The first-order chi connectivity index (χ1) is 11.9. The van der Waals surface area contributed by atoms with Crippen LogP contribution in [0, 0.1) is 11.8 Å². The van der Waals surface area contributed by atoms with E-state index in [4.69, 9.17) is 0 Å². The Balaban J connectivity index is 1.91. The molecule has 2 amide bonds. The van der Waals surface area contributed by atoms with Crippen molar-refractivity contribution in [3.05, 3.63) is 28.7 Å². The van der Waals surface area contributed by atoms with E-state index >= 15 is 0 Å². The second-order valence-corrected chi connectivity index (χ2v) is 7.24. The van der Waals surface area contributed by atoms with Gasteiger partial charge in [0.2, 0.25) is 0 Å². The summed E-state index contributed by atoms with van der Waals surface area (Å²) in [5, 5.41) is 5.47. The van der Waals surface area contributed by atoms with Gasteiger partial charge < -0.3 is 15.2 Å². The van der Waals surface area contributed by atoms with Crippen molar-refractivity contribution in [2.24, 2.45) is 11.8 Å². The molecule has 0 bridgehead atoms. The lowest BCUT2D eigenvalue weighted by Crippen LogP contribution is -2.43. The quantitative estimate of drug-likeness (QED) is 0.776. The topological polar surface area (TPSA) is 80.2 Å². The van der Waals surface area contributed by atoms with E-state index in [9.17, 15) is 14.4 Å². The molecule has 0 radical (unpaired) electrons. The molecular formula is C19H29N3O3. The molecule has 2 N–H and O–H groups in total. The number of carbonyl (C=O) groups is 2. The average molecular weight is 347 g/mol. The monoisotopic (exact) mass is 347 g/mol. The maximum absolute atomic E-state index is 12.2. The molecule has 0 aliphatic heterocycles. The molecule has 1 aliphatic carbocycles. The van der Waals surface area contributed by atoms with Gasteiger partial charge in [-0.2, -0.15) is 0 Å². The van der Waals surface area contributed by atoms with E-state index < -0.39 is 11.8 Å². The summed E-state index contributed by atoms with van der Waals surface area (Å²) >= 11 is 0. The van der Waals surface area contributed by atoms with Crippen molar-refractivity contribution in [1.29, 1.82) is 0 Å². The van der Waals surface area contributed by atoms with E-state index in [0.717, 1.165) is 32.1 Å². The Morgan fingerprint density at radius 3 is 2.68 bits per heavy atom. The first kappa shape index (κ1) is 19.2. The summed E-state index contributed by atoms with van der Waals surface area (Å²) in [4.78, 5) is 35.9. The number of nitrogens with one attached hydrogen (secondary N) is 2. The fraction of sp³-hybridized carbons (Fsp3) is 0.632. The van der Waals surface area contributed by atoms with Crippen LogP contribution < -0.4 is 16.2 Å². The molecule has 0 spiro atoms. The standard InChI is InChI=1S/C19H29N3O3/c1-4-22-12-15(10-11-17(22)23)20-18(24)19(25)21-16-7-5-6-14(16)9-8-13(2)3/h10-14,16H,4-9H2,1-3H3,(H,20,24)(H,21,25)/t14-,16+/m1/s1.